The highest BCUT2D eigenvalue weighted by Gasteiger charge is 2.35. The Balaban J connectivity index is 0.00000261. The van der Waals surface area contributed by atoms with Crippen LogP contribution in [0.25, 0.3) is 0 Å². The van der Waals surface area contributed by atoms with Gasteiger partial charge in [-0.15, -0.1) is 12.4 Å². The summed E-state index contributed by atoms with van der Waals surface area (Å²) in [6.45, 7) is 7.77. The normalized spacial score (nSPS) is 22.9. The second-order valence-electron chi connectivity index (χ2n) is 7.38. The Morgan fingerprint density at radius 1 is 1.15 bits per heavy atom. The molecule has 2 saturated heterocycles. The molecule has 2 aliphatic heterocycles. The zero-order valence-corrected chi connectivity index (χ0v) is 17.3. The summed E-state index contributed by atoms with van der Waals surface area (Å²) in [5.41, 5.74) is 2.51. The van der Waals surface area contributed by atoms with Crippen molar-refractivity contribution in [2.45, 2.75) is 45.6 Å². The van der Waals surface area contributed by atoms with Gasteiger partial charge in [0.25, 0.3) is 0 Å². The van der Waals surface area contributed by atoms with Gasteiger partial charge in [-0.3, -0.25) is 9.59 Å². The molecule has 2 atom stereocenters. The van der Waals surface area contributed by atoms with Crippen LogP contribution in [0.5, 0.6) is 0 Å². The number of piperazine rings is 1. The largest absolute Gasteiger partial charge is 0.342 e. The van der Waals surface area contributed by atoms with Crippen molar-refractivity contribution in [3.05, 3.63) is 35.4 Å². The second-order valence-corrected chi connectivity index (χ2v) is 7.38. The number of benzene rings is 1. The van der Waals surface area contributed by atoms with Gasteiger partial charge in [0.2, 0.25) is 11.8 Å². The zero-order chi connectivity index (χ0) is 18.5. The Kier molecular flexibility index (Phi) is 8.11. The van der Waals surface area contributed by atoms with Crippen LogP contribution in [0, 0.1) is 5.92 Å². The van der Waals surface area contributed by atoms with Crippen molar-refractivity contribution in [1.29, 1.82) is 0 Å². The van der Waals surface area contributed by atoms with Crippen LogP contribution >= 0.6 is 12.4 Å². The van der Waals surface area contributed by atoms with E-state index in [1.54, 1.807) is 0 Å². The molecule has 2 aliphatic rings. The third-order valence-corrected chi connectivity index (χ3v) is 5.72. The topological polar surface area (TPSA) is 52.7 Å². The predicted molar refractivity (Wildman–Crippen MR) is 110 cm³/mol. The molecule has 0 radical (unpaired) electrons. The number of amides is 2. The molecule has 0 spiro atoms. The third kappa shape index (κ3) is 5.02. The quantitative estimate of drug-likeness (QED) is 0.855. The predicted octanol–water partition coefficient (Wildman–Crippen LogP) is 2.79. The van der Waals surface area contributed by atoms with E-state index in [0.717, 1.165) is 45.4 Å². The molecule has 0 saturated carbocycles. The average Bonchev–Trinajstić information content (AvgIpc) is 2.72. The Morgan fingerprint density at radius 2 is 1.89 bits per heavy atom. The van der Waals surface area contributed by atoms with Crippen molar-refractivity contribution in [2.24, 2.45) is 5.92 Å². The van der Waals surface area contributed by atoms with Crippen molar-refractivity contribution in [2.75, 3.05) is 32.7 Å². The van der Waals surface area contributed by atoms with E-state index in [1.165, 1.54) is 11.1 Å². The van der Waals surface area contributed by atoms with Crippen LogP contribution in [0.2, 0.25) is 0 Å². The average molecular weight is 394 g/mol. The van der Waals surface area contributed by atoms with Crippen molar-refractivity contribution in [3.8, 4) is 0 Å². The lowest BCUT2D eigenvalue weighted by atomic mass is 9.93. The summed E-state index contributed by atoms with van der Waals surface area (Å²) in [4.78, 5) is 29.2. The summed E-state index contributed by atoms with van der Waals surface area (Å²) in [5.74, 6) is 0.314. The maximum absolute atomic E-state index is 13.3. The SMILES string of the molecule is CCC(=O)N1CCCC(C(=O)N2CCNCC2c2ccc(CC)cc2)C1.Cl. The maximum Gasteiger partial charge on any atom is 0.228 e. The number of piperidine rings is 1. The Labute approximate surface area is 168 Å². The van der Waals surface area contributed by atoms with Crippen LogP contribution in [0.3, 0.4) is 0 Å². The first-order valence-electron chi connectivity index (χ1n) is 10.0. The summed E-state index contributed by atoms with van der Waals surface area (Å²) in [6, 6.07) is 8.72. The number of carbonyl (C=O) groups is 2. The Morgan fingerprint density at radius 3 is 2.56 bits per heavy atom. The Hall–Kier alpha value is -1.59. The lowest BCUT2D eigenvalue weighted by Gasteiger charge is -2.41. The van der Waals surface area contributed by atoms with Crippen molar-refractivity contribution < 1.29 is 9.59 Å². The molecule has 1 N–H and O–H groups in total. The number of carbonyl (C=O) groups excluding carboxylic acids is 2. The van der Waals surface area contributed by atoms with Crippen LogP contribution in [-0.2, 0) is 16.0 Å². The minimum absolute atomic E-state index is 0. The van der Waals surface area contributed by atoms with E-state index in [0.29, 0.717) is 13.0 Å². The van der Waals surface area contributed by atoms with E-state index in [9.17, 15) is 9.59 Å². The highest BCUT2D eigenvalue weighted by molar-refractivity contribution is 5.85. The lowest BCUT2D eigenvalue weighted by molar-refractivity contribution is -0.143. The van der Waals surface area contributed by atoms with Crippen LogP contribution in [0.4, 0.5) is 0 Å². The first-order chi connectivity index (χ1) is 12.6. The molecule has 3 rings (SSSR count). The van der Waals surface area contributed by atoms with Gasteiger partial charge in [0.15, 0.2) is 0 Å². The van der Waals surface area contributed by atoms with E-state index in [2.05, 4.69) is 36.5 Å². The highest BCUT2D eigenvalue weighted by Crippen LogP contribution is 2.27. The van der Waals surface area contributed by atoms with Crippen LogP contribution in [0.15, 0.2) is 24.3 Å². The number of nitrogens with zero attached hydrogens (tertiary/aromatic N) is 2. The number of aryl methyl sites for hydroxylation is 1. The molecule has 2 amide bonds. The van der Waals surface area contributed by atoms with Crippen LogP contribution < -0.4 is 5.32 Å². The lowest BCUT2D eigenvalue weighted by Crippen LogP contribution is -2.53. The molecule has 1 aromatic rings. The molecule has 5 nitrogen and oxygen atoms in total. The smallest absolute Gasteiger partial charge is 0.228 e. The molecule has 27 heavy (non-hydrogen) atoms. The van der Waals surface area contributed by atoms with Crippen molar-refractivity contribution >= 4 is 24.2 Å². The Bertz CT molecular complexity index is 635. The summed E-state index contributed by atoms with van der Waals surface area (Å²) in [7, 11) is 0. The van der Waals surface area contributed by atoms with Gasteiger partial charge in [0.05, 0.1) is 12.0 Å². The summed E-state index contributed by atoms with van der Waals surface area (Å²) < 4.78 is 0. The number of rotatable bonds is 4. The van der Waals surface area contributed by atoms with Gasteiger partial charge in [-0.1, -0.05) is 38.1 Å². The van der Waals surface area contributed by atoms with Gasteiger partial charge in [-0.05, 0) is 30.4 Å². The van der Waals surface area contributed by atoms with Gasteiger partial charge in [0.1, 0.15) is 0 Å². The van der Waals surface area contributed by atoms with E-state index in [-0.39, 0.29) is 36.2 Å². The summed E-state index contributed by atoms with van der Waals surface area (Å²) >= 11 is 0. The molecule has 0 aromatic heterocycles. The first kappa shape index (κ1) is 21.7. The summed E-state index contributed by atoms with van der Waals surface area (Å²) in [5, 5.41) is 3.43. The molecule has 1 aromatic carbocycles. The molecule has 0 aliphatic carbocycles. The number of hydrogen-bond donors (Lipinski definition) is 1. The fourth-order valence-corrected chi connectivity index (χ4v) is 4.10. The van der Waals surface area contributed by atoms with Crippen molar-refractivity contribution in [1.82, 2.24) is 15.1 Å². The minimum atomic E-state index is -0.0604. The standard InChI is InChI=1S/C21H31N3O2.ClH/c1-3-16-7-9-17(10-8-16)19-14-22-11-13-24(19)21(26)18-6-5-12-23(15-18)20(25)4-2;/h7-10,18-19,22H,3-6,11-15H2,1-2H3;1H. The van der Waals surface area contributed by atoms with E-state index < -0.39 is 0 Å². The number of nitrogens with one attached hydrogen (secondary N) is 1. The van der Waals surface area contributed by atoms with Gasteiger partial charge in [0, 0.05) is 39.1 Å². The van der Waals surface area contributed by atoms with Gasteiger partial charge >= 0.3 is 0 Å². The number of likely N-dealkylation sites (tertiary alicyclic amines) is 1. The maximum atomic E-state index is 13.3. The molecule has 150 valence electrons. The monoisotopic (exact) mass is 393 g/mol. The molecule has 2 fully saturated rings. The minimum Gasteiger partial charge on any atom is -0.342 e. The second kappa shape index (κ2) is 10.1. The van der Waals surface area contributed by atoms with E-state index in [1.807, 2.05) is 16.7 Å². The van der Waals surface area contributed by atoms with E-state index in [4.69, 9.17) is 0 Å². The number of hydrogen-bond acceptors (Lipinski definition) is 3. The third-order valence-electron chi connectivity index (χ3n) is 5.72. The van der Waals surface area contributed by atoms with Gasteiger partial charge < -0.3 is 15.1 Å². The first-order valence-corrected chi connectivity index (χ1v) is 10.0. The molecule has 2 heterocycles. The zero-order valence-electron chi connectivity index (χ0n) is 16.4. The fraction of sp³-hybridized carbons (Fsp3) is 0.619. The summed E-state index contributed by atoms with van der Waals surface area (Å²) in [6.07, 6.45) is 3.35. The highest BCUT2D eigenvalue weighted by atomic mass is 35.5. The fourth-order valence-electron chi connectivity index (χ4n) is 4.10. The molecule has 2 unspecified atom stereocenters. The van der Waals surface area contributed by atoms with Gasteiger partial charge in [-0.25, -0.2) is 0 Å². The molecule has 0 bridgehead atoms. The molecular weight excluding hydrogens is 362 g/mol. The van der Waals surface area contributed by atoms with E-state index >= 15 is 0 Å². The molecule has 6 heteroatoms. The van der Waals surface area contributed by atoms with Crippen LogP contribution in [0.1, 0.15) is 50.3 Å². The van der Waals surface area contributed by atoms with Crippen molar-refractivity contribution in [3.63, 3.8) is 0 Å². The number of halogens is 1. The van der Waals surface area contributed by atoms with Crippen LogP contribution in [-0.4, -0.2) is 54.3 Å². The molecular formula is C21H32ClN3O2. The van der Waals surface area contributed by atoms with Gasteiger partial charge in [-0.2, -0.15) is 0 Å².